The van der Waals surface area contributed by atoms with Gasteiger partial charge in [0.1, 0.15) is 6.04 Å². The zero-order chi connectivity index (χ0) is 14.1. The fourth-order valence-corrected chi connectivity index (χ4v) is 2.55. The van der Waals surface area contributed by atoms with Crippen molar-refractivity contribution < 1.29 is 14.3 Å². The topological polar surface area (TPSA) is 50.8 Å². The molecule has 0 spiro atoms. The van der Waals surface area contributed by atoms with E-state index < -0.39 is 0 Å². The molecule has 1 aliphatic rings. The van der Waals surface area contributed by atoms with Crippen LogP contribution in [0.25, 0.3) is 0 Å². The van der Waals surface area contributed by atoms with Crippen molar-refractivity contribution in [2.24, 2.45) is 5.92 Å². The van der Waals surface area contributed by atoms with Gasteiger partial charge in [0, 0.05) is 20.3 Å². The molecule has 0 radical (unpaired) electrons. The van der Waals surface area contributed by atoms with E-state index in [0.717, 1.165) is 32.7 Å². The maximum atomic E-state index is 11.7. The summed E-state index contributed by atoms with van der Waals surface area (Å²) in [7, 11) is 3.58. The molecular weight excluding hydrogens is 244 g/mol. The number of methoxy groups -OCH3 is 1. The molecule has 1 atom stereocenters. The Morgan fingerprint density at radius 3 is 2.63 bits per heavy atom. The average molecular weight is 272 g/mol. The van der Waals surface area contributed by atoms with Gasteiger partial charge >= 0.3 is 5.97 Å². The van der Waals surface area contributed by atoms with Gasteiger partial charge in [-0.1, -0.05) is 0 Å². The quantitative estimate of drug-likeness (QED) is 0.665. The summed E-state index contributed by atoms with van der Waals surface area (Å²) < 4.78 is 10.2. The Hall–Kier alpha value is -0.650. The van der Waals surface area contributed by atoms with E-state index in [2.05, 4.69) is 10.2 Å². The summed E-state index contributed by atoms with van der Waals surface area (Å²) in [6.07, 6.45) is 3.19. The van der Waals surface area contributed by atoms with E-state index in [0.29, 0.717) is 12.5 Å². The van der Waals surface area contributed by atoms with Gasteiger partial charge in [0.2, 0.25) is 0 Å². The summed E-state index contributed by atoms with van der Waals surface area (Å²) >= 11 is 0. The maximum absolute atomic E-state index is 11.7. The highest BCUT2D eigenvalue weighted by Crippen LogP contribution is 2.17. The van der Waals surface area contributed by atoms with E-state index in [1.54, 1.807) is 7.11 Å². The van der Waals surface area contributed by atoms with E-state index in [-0.39, 0.29) is 12.0 Å². The first-order valence-electron chi connectivity index (χ1n) is 7.26. The Balaban J connectivity index is 2.23. The van der Waals surface area contributed by atoms with Gasteiger partial charge in [0.05, 0.1) is 6.61 Å². The lowest BCUT2D eigenvalue weighted by molar-refractivity contribution is -0.145. The fraction of sp³-hybridized carbons (Fsp3) is 0.929. The third kappa shape index (κ3) is 5.89. The van der Waals surface area contributed by atoms with E-state index in [4.69, 9.17) is 9.47 Å². The third-order valence-electron chi connectivity index (χ3n) is 3.76. The summed E-state index contributed by atoms with van der Waals surface area (Å²) in [5, 5.41) is 3.03. The van der Waals surface area contributed by atoms with E-state index in [1.165, 1.54) is 12.8 Å². The number of carbonyl (C=O) groups is 1. The second-order valence-corrected chi connectivity index (χ2v) is 5.12. The van der Waals surface area contributed by atoms with Crippen molar-refractivity contribution in [1.29, 1.82) is 0 Å². The minimum atomic E-state index is -0.184. The second-order valence-electron chi connectivity index (χ2n) is 5.12. The van der Waals surface area contributed by atoms with E-state index in [9.17, 15) is 4.79 Å². The number of piperidine rings is 1. The van der Waals surface area contributed by atoms with Crippen molar-refractivity contribution in [1.82, 2.24) is 10.2 Å². The number of hydrogen-bond donors (Lipinski definition) is 1. The summed E-state index contributed by atoms with van der Waals surface area (Å²) in [4.78, 5) is 14.1. The molecule has 0 amide bonds. The molecule has 1 heterocycles. The van der Waals surface area contributed by atoms with Gasteiger partial charge in [-0.2, -0.15) is 0 Å². The van der Waals surface area contributed by atoms with Gasteiger partial charge in [-0.15, -0.1) is 0 Å². The smallest absolute Gasteiger partial charge is 0.323 e. The Morgan fingerprint density at radius 2 is 2.11 bits per heavy atom. The average Bonchev–Trinajstić information content (AvgIpc) is 2.42. The number of rotatable bonds is 8. The largest absolute Gasteiger partial charge is 0.465 e. The molecule has 1 N–H and O–H groups in total. The lowest BCUT2D eigenvalue weighted by Crippen LogP contribution is -2.41. The number of likely N-dealkylation sites (tertiary alicyclic amines) is 1. The molecule has 0 aliphatic carbocycles. The van der Waals surface area contributed by atoms with Gasteiger partial charge in [-0.3, -0.25) is 4.79 Å². The molecule has 1 saturated heterocycles. The maximum Gasteiger partial charge on any atom is 0.323 e. The number of carbonyl (C=O) groups excluding carboxylic acids is 1. The predicted molar refractivity (Wildman–Crippen MR) is 75.1 cm³/mol. The van der Waals surface area contributed by atoms with Crippen molar-refractivity contribution in [3.63, 3.8) is 0 Å². The van der Waals surface area contributed by atoms with Crippen LogP contribution >= 0.6 is 0 Å². The zero-order valence-electron chi connectivity index (χ0n) is 12.5. The van der Waals surface area contributed by atoms with Crippen molar-refractivity contribution >= 4 is 5.97 Å². The van der Waals surface area contributed by atoms with E-state index >= 15 is 0 Å². The molecule has 0 saturated carbocycles. The monoisotopic (exact) mass is 272 g/mol. The molecule has 0 aromatic rings. The Morgan fingerprint density at radius 1 is 1.42 bits per heavy atom. The molecule has 5 heteroatoms. The highest BCUT2D eigenvalue weighted by Gasteiger charge is 2.22. The molecule has 112 valence electrons. The number of likely N-dealkylation sites (N-methyl/N-ethyl adjacent to an activating group) is 1. The standard InChI is InChI=1S/C14H28N2O3/c1-4-19-14(17)13(15-2)7-10-16-8-5-12(6-9-16)11-18-3/h12-13,15H,4-11H2,1-3H3. The van der Waals surface area contributed by atoms with Crippen LogP contribution in [0.3, 0.4) is 0 Å². The summed E-state index contributed by atoms with van der Waals surface area (Å²) in [5.41, 5.74) is 0. The summed E-state index contributed by atoms with van der Waals surface area (Å²) in [6.45, 7) is 6.31. The van der Waals surface area contributed by atoms with Gasteiger partial charge in [-0.05, 0) is 52.2 Å². The number of esters is 1. The number of nitrogens with zero attached hydrogens (tertiary/aromatic N) is 1. The van der Waals surface area contributed by atoms with Crippen LogP contribution in [0.4, 0.5) is 0 Å². The first-order valence-corrected chi connectivity index (χ1v) is 7.26. The molecule has 0 aromatic carbocycles. The first kappa shape index (κ1) is 16.4. The van der Waals surface area contributed by atoms with Crippen LogP contribution in [-0.4, -0.2) is 63.9 Å². The zero-order valence-corrected chi connectivity index (χ0v) is 12.5. The molecule has 0 bridgehead atoms. The van der Waals surface area contributed by atoms with Crippen LogP contribution in [0.2, 0.25) is 0 Å². The van der Waals surface area contributed by atoms with Crippen molar-refractivity contribution in [2.45, 2.75) is 32.2 Å². The van der Waals surface area contributed by atoms with Gasteiger partial charge in [0.15, 0.2) is 0 Å². The lowest BCUT2D eigenvalue weighted by atomic mass is 9.97. The Bertz CT molecular complexity index is 253. The minimum absolute atomic E-state index is 0.140. The molecular formula is C14H28N2O3. The van der Waals surface area contributed by atoms with Crippen LogP contribution < -0.4 is 5.32 Å². The molecule has 1 unspecified atom stereocenters. The number of hydrogen-bond acceptors (Lipinski definition) is 5. The highest BCUT2D eigenvalue weighted by atomic mass is 16.5. The predicted octanol–water partition coefficient (Wildman–Crippen LogP) is 0.886. The molecule has 5 nitrogen and oxygen atoms in total. The highest BCUT2D eigenvalue weighted by molar-refractivity contribution is 5.75. The third-order valence-corrected chi connectivity index (χ3v) is 3.76. The minimum Gasteiger partial charge on any atom is -0.465 e. The van der Waals surface area contributed by atoms with Crippen LogP contribution in [-0.2, 0) is 14.3 Å². The molecule has 1 rings (SSSR count). The lowest BCUT2D eigenvalue weighted by Gasteiger charge is -2.32. The van der Waals surface area contributed by atoms with Crippen LogP contribution in [0.15, 0.2) is 0 Å². The van der Waals surface area contributed by atoms with Crippen molar-refractivity contribution in [3.8, 4) is 0 Å². The van der Waals surface area contributed by atoms with E-state index in [1.807, 2.05) is 14.0 Å². The molecule has 0 aromatic heterocycles. The second kappa shape index (κ2) is 9.28. The molecule has 1 fully saturated rings. The van der Waals surface area contributed by atoms with Crippen molar-refractivity contribution in [3.05, 3.63) is 0 Å². The van der Waals surface area contributed by atoms with Gasteiger partial charge < -0.3 is 19.7 Å². The molecule has 1 aliphatic heterocycles. The number of nitrogens with one attached hydrogen (secondary N) is 1. The van der Waals surface area contributed by atoms with Crippen LogP contribution in [0.5, 0.6) is 0 Å². The fourth-order valence-electron chi connectivity index (χ4n) is 2.55. The van der Waals surface area contributed by atoms with Gasteiger partial charge in [0.25, 0.3) is 0 Å². The van der Waals surface area contributed by atoms with Crippen LogP contribution in [0, 0.1) is 5.92 Å². The first-order chi connectivity index (χ1) is 9.21. The summed E-state index contributed by atoms with van der Waals surface area (Å²) in [5.74, 6) is 0.561. The van der Waals surface area contributed by atoms with Crippen molar-refractivity contribution in [2.75, 3.05) is 47.0 Å². The van der Waals surface area contributed by atoms with Crippen LogP contribution in [0.1, 0.15) is 26.2 Å². The SMILES string of the molecule is CCOC(=O)C(CCN1CCC(COC)CC1)NC. The summed E-state index contributed by atoms with van der Waals surface area (Å²) in [6, 6.07) is -0.184. The van der Waals surface area contributed by atoms with Gasteiger partial charge in [-0.25, -0.2) is 0 Å². The number of ether oxygens (including phenoxy) is 2. The normalized spacial score (nSPS) is 19.3. The Labute approximate surface area is 116 Å². The Kier molecular flexibility index (Phi) is 8.02. The molecule has 19 heavy (non-hydrogen) atoms.